The van der Waals surface area contributed by atoms with Gasteiger partial charge in [-0.3, -0.25) is 9.59 Å². The summed E-state index contributed by atoms with van der Waals surface area (Å²) < 4.78 is 0. The number of nitrogens with zero attached hydrogens (tertiary/aromatic N) is 1. The zero-order valence-corrected chi connectivity index (χ0v) is 14.3. The molecular weight excluding hydrogens is 324 g/mol. The maximum Gasteiger partial charge on any atom is 0.226 e. The van der Waals surface area contributed by atoms with Gasteiger partial charge in [0.2, 0.25) is 11.8 Å². The summed E-state index contributed by atoms with van der Waals surface area (Å²) in [6.07, 6.45) is 1.59. The van der Waals surface area contributed by atoms with Gasteiger partial charge in [-0.15, -0.1) is 11.3 Å². The molecule has 1 aromatic carbocycles. The van der Waals surface area contributed by atoms with E-state index in [4.69, 9.17) is 0 Å². The Morgan fingerprint density at radius 3 is 2.75 bits per heavy atom. The largest absolute Gasteiger partial charge is 0.326 e. The maximum absolute atomic E-state index is 12.0. The van der Waals surface area contributed by atoms with Crippen molar-refractivity contribution < 1.29 is 9.59 Å². The van der Waals surface area contributed by atoms with Crippen LogP contribution in [0.25, 0.3) is 11.3 Å². The van der Waals surface area contributed by atoms with E-state index < -0.39 is 0 Å². The molecule has 2 heterocycles. The number of anilines is 2. The van der Waals surface area contributed by atoms with Crippen LogP contribution in [-0.2, 0) is 9.59 Å². The molecule has 3 N–H and O–H groups in total. The Kier molecular flexibility index (Phi) is 5.22. The highest BCUT2D eigenvalue weighted by Gasteiger charge is 2.18. The second-order valence-corrected chi connectivity index (χ2v) is 6.77. The van der Waals surface area contributed by atoms with Crippen LogP contribution in [0.3, 0.4) is 0 Å². The Morgan fingerprint density at radius 2 is 2.08 bits per heavy atom. The highest BCUT2D eigenvalue weighted by molar-refractivity contribution is 7.14. The van der Waals surface area contributed by atoms with Crippen LogP contribution in [0.5, 0.6) is 0 Å². The maximum atomic E-state index is 12.0. The molecule has 7 heteroatoms. The molecule has 1 aliphatic heterocycles. The first-order chi connectivity index (χ1) is 11.6. The van der Waals surface area contributed by atoms with Gasteiger partial charge < -0.3 is 16.0 Å². The van der Waals surface area contributed by atoms with Crippen LogP contribution in [-0.4, -0.2) is 29.9 Å². The molecule has 2 aromatic rings. The first-order valence-corrected chi connectivity index (χ1v) is 8.82. The molecular formula is C17H20N4O2S. The molecule has 1 fully saturated rings. The number of aromatic nitrogens is 1. The molecule has 1 aliphatic rings. The predicted molar refractivity (Wildman–Crippen MR) is 96.1 cm³/mol. The Labute approximate surface area is 144 Å². The average molecular weight is 344 g/mol. The van der Waals surface area contributed by atoms with Gasteiger partial charge in [0.05, 0.1) is 5.69 Å². The van der Waals surface area contributed by atoms with Crippen LogP contribution < -0.4 is 16.0 Å². The van der Waals surface area contributed by atoms with E-state index in [1.54, 1.807) is 0 Å². The lowest BCUT2D eigenvalue weighted by molar-refractivity contribution is -0.117. The minimum absolute atomic E-state index is 0.0191. The van der Waals surface area contributed by atoms with Gasteiger partial charge in [-0.2, -0.15) is 0 Å². The van der Waals surface area contributed by atoms with E-state index in [0.717, 1.165) is 36.5 Å². The second-order valence-electron chi connectivity index (χ2n) is 5.91. The van der Waals surface area contributed by atoms with E-state index in [2.05, 4.69) is 20.9 Å². The Hall–Kier alpha value is -2.25. The second kappa shape index (κ2) is 7.55. The number of thiazole rings is 1. The molecule has 0 unspecified atom stereocenters. The van der Waals surface area contributed by atoms with Crippen LogP contribution in [0.4, 0.5) is 10.8 Å². The molecule has 0 aliphatic carbocycles. The van der Waals surface area contributed by atoms with Crippen molar-refractivity contribution in [2.24, 2.45) is 5.92 Å². The summed E-state index contributed by atoms with van der Waals surface area (Å²) in [5.41, 5.74) is 2.51. The quantitative estimate of drug-likeness (QED) is 0.779. The van der Waals surface area contributed by atoms with E-state index in [1.165, 1.54) is 18.3 Å². The summed E-state index contributed by atoms with van der Waals surface area (Å²) in [6, 6.07) is 7.47. The molecule has 24 heavy (non-hydrogen) atoms. The Balaban J connectivity index is 1.60. The minimum atomic E-state index is -0.0983. The number of nitrogens with one attached hydrogen (secondary N) is 3. The van der Waals surface area contributed by atoms with Crippen LogP contribution in [0.1, 0.15) is 19.8 Å². The number of hydrogen-bond donors (Lipinski definition) is 3. The van der Waals surface area contributed by atoms with Crippen molar-refractivity contribution in [3.8, 4) is 11.3 Å². The van der Waals surface area contributed by atoms with Crippen LogP contribution in [0.15, 0.2) is 29.6 Å². The molecule has 0 bridgehead atoms. The monoisotopic (exact) mass is 344 g/mol. The lowest BCUT2D eigenvalue weighted by Crippen LogP contribution is -2.18. The lowest BCUT2D eigenvalue weighted by atomic mass is 10.1. The van der Waals surface area contributed by atoms with Gasteiger partial charge in [-0.25, -0.2) is 4.98 Å². The first kappa shape index (κ1) is 16.6. The smallest absolute Gasteiger partial charge is 0.226 e. The molecule has 0 spiro atoms. The van der Waals surface area contributed by atoms with Gasteiger partial charge in [0.25, 0.3) is 0 Å². The highest BCUT2D eigenvalue weighted by atomic mass is 32.1. The van der Waals surface area contributed by atoms with Crippen LogP contribution in [0, 0.1) is 5.92 Å². The van der Waals surface area contributed by atoms with Crippen molar-refractivity contribution in [1.29, 1.82) is 0 Å². The fourth-order valence-electron chi connectivity index (χ4n) is 2.71. The number of benzene rings is 1. The normalized spacial score (nSPS) is 16.8. The van der Waals surface area contributed by atoms with E-state index in [-0.39, 0.29) is 11.8 Å². The predicted octanol–water partition coefficient (Wildman–Crippen LogP) is 2.71. The van der Waals surface area contributed by atoms with Gasteiger partial charge in [0, 0.05) is 30.0 Å². The third-order valence-corrected chi connectivity index (χ3v) is 4.65. The zero-order chi connectivity index (χ0) is 16.9. The fourth-order valence-corrected chi connectivity index (χ4v) is 3.45. The fraction of sp³-hybridized carbons (Fsp3) is 0.353. The molecule has 126 valence electrons. The van der Waals surface area contributed by atoms with E-state index in [1.807, 2.05) is 29.6 Å². The Morgan fingerprint density at radius 1 is 1.29 bits per heavy atom. The summed E-state index contributed by atoms with van der Waals surface area (Å²) in [6.45, 7) is 3.38. The first-order valence-electron chi connectivity index (χ1n) is 7.94. The molecule has 1 aromatic heterocycles. The van der Waals surface area contributed by atoms with Gasteiger partial charge in [0.1, 0.15) is 0 Å². The van der Waals surface area contributed by atoms with Crippen molar-refractivity contribution >= 4 is 34.0 Å². The number of rotatable bonds is 5. The van der Waals surface area contributed by atoms with Crippen molar-refractivity contribution in [3.63, 3.8) is 0 Å². The van der Waals surface area contributed by atoms with Crippen LogP contribution >= 0.6 is 11.3 Å². The number of amides is 2. The lowest BCUT2D eigenvalue weighted by Gasteiger charge is -2.06. The van der Waals surface area contributed by atoms with E-state index in [0.29, 0.717) is 17.5 Å². The SMILES string of the molecule is CC(=O)Nc1ccc(-c2csc(NC(=O)C[C@H]3CCNC3)n2)cc1. The molecule has 1 atom stereocenters. The Bertz CT molecular complexity index is 720. The van der Waals surface area contributed by atoms with Gasteiger partial charge in [-0.05, 0) is 37.6 Å². The number of carbonyl (C=O) groups is 2. The summed E-state index contributed by atoms with van der Waals surface area (Å²) in [5.74, 6) is 0.343. The molecule has 3 rings (SSSR count). The van der Waals surface area contributed by atoms with E-state index in [9.17, 15) is 9.59 Å². The van der Waals surface area contributed by atoms with Crippen molar-refractivity contribution in [2.45, 2.75) is 19.8 Å². The van der Waals surface area contributed by atoms with Crippen molar-refractivity contribution in [2.75, 3.05) is 23.7 Å². The van der Waals surface area contributed by atoms with Gasteiger partial charge >= 0.3 is 0 Å². The average Bonchev–Trinajstić information content (AvgIpc) is 3.19. The third kappa shape index (κ3) is 4.39. The van der Waals surface area contributed by atoms with Gasteiger partial charge in [0.15, 0.2) is 5.13 Å². The summed E-state index contributed by atoms with van der Waals surface area (Å²) in [5, 5.41) is 11.4. The summed E-state index contributed by atoms with van der Waals surface area (Å²) >= 11 is 1.42. The molecule has 1 saturated heterocycles. The third-order valence-electron chi connectivity index (χ3n) is 3.89. The minimum Gasteiger partial charge on any atom is -0.326 e. The molecule has 2 amide bonds. The van der Waals surface area contributed by atoms with Crippen LogP contribution in [0.2, 0.25) is 0 Å². The standard InChI is InChI=1S/C17H20N4O2S/c1-11(22)19-14-4-2-13(3-5-14)15-10-24-17(20-15)21-16(23)8-12-6-7-18-9-12/h2-5,10,12,18H,6-9H2,1H3,(H,19,22)(H,20,21,23)/t12-/m1/s1. The molecule has 0 radical (unpaired) electrons. The number of hydrogen-bond acceptors (Lipinski definition) is 5. The topological polar surface area (TPSA) is 83.1 Å². The van der Waals surface area contributed by atoms with Crippen molar-refractivity contribution in [3.05, 3.63) is 29.6 Å². The summed E-state index contributed by atoms with van der Waals surface area (Å²) in [4.78, 5) is 27.6. The number of carbonyl (C=O) groups excluding carboxylic acids is 2. The van der Waals surface area contributed by atoms with Gasteiger partial charge in [-0.1, -0.05) is 12.1 Å². The highest BCUT2D eigenvalue weighted by Crippen LogP contribution is 2.26. The zero-order valence-electron chi connectivity index (χ0n) is 13.5. The van der Waals surface area contributed by atoms with E-state index >= 15 is 0 Å². The molecule has 6 nitrogen and oxygen atoms in total. The van der Waals surface area contributed by atoms with Crippen molar-refractivity contribution in [1.82, 2.24) is 10.3 Å². The summed E-state index contributed by atoms with van der Waals surface area (Å²) in [7, 11) is 0. The molecule has 0 saturated carbocycles.